The van der Waals surface area contributed by atoms with Gasteiger partial charge in [0.15, 0.2) is 5.65 Å². The lowest BCUT2D eigenvalue weighted by Crippen LogP contribution is -1.85. The van der Waals surface area contributed by atoms with E-state index in [1.807, 2.05) is 19.1 Å². The lowest BCUT2D eigenvalue weighted by Gasteiger charge is -1.97. The third kappa shape index (κ3) is 1.22. The fraction of sp³-hybridized carbons (Fsp3) is 0.200. The van der Waals surface area contributed by atoms with Gasteiger partial charge < -0.3 is 0 Å². The SMILES string of the molecule is C=CCc1ccnc2n[nH]c(C)c12. The average molecular weight is 173 g/mol. The lowest BCUT2D eigenvalue weighted by atomic mass is 10.1. The van der Waals surface area contributed by atoms with Crippen LogP contribution in [0.15, 0.2) is 24.9 Å². The van der Waals surface area contributed by atoms with Crippen LogP contribution in [0, 0.1) is 6.92 Å². The summed E-state index contributed by atoms with van der Waals surface area (Å²) in [5.41, 5.74) is 3.09. The van der Waals surface area contributed by atoms with Gasteiger partial charge in [-0.2, -0.15) is 5.10 Å². The number of H-pyrrole nitrogens is 1. The van der Waals surface area contributed by atoms with Crippen LogP contribution in [0.5, 0.6) is 0 Å². The number of rotatable bonds is 2. The quantitative estimate of drug-likeness (QED) is 0.705. The highest BCUT2D eigenvalue weighted by Gasteiger charge is 2.05. The second kappa shape index (κ2) is 3.01. The minimum absolute atomic E-state index is 0.789. The van der Waals surface area contributed by atoms with Gasteiger partial charge in [-0.3, -0.25) is 5.10 Å². The van der Waals surface area contributed by atoms with Gasteiger partial charge in [0.2, 0.25) is 0 Å². The molecule has 0 atom stereocenters. The third-order valence-corrected chi connectivity index (χ3v) is 2.09. The number of hydrogen-bond acceptors (Lipinski definition) is 2. The van der Waals surface area contributed by atoms with E-state index in [1.54, 1.807) is 6.20 Å². The molecule has 0 radical (unpaired) electrons. The molecule has 2 aromatic heterocycles. The third-order valence-electron chi connectivity index (χ3n) is 2.09. The highest BCUT2D eigenvalue weighted by molar-refractivity contribution is 5.81. The maximum atomic E-state index is 4.17. The van der Waals surface area contributed by atoms with Gasteiger partial charge in [0.25, 0.3) is 0 Å². The molecule has 3 heteroatoms. The Bertz CT molecular complexity index is 442. The number of aryl methyl sites for hydroxylation is 1. The molecule has 0 aliphatic heterocycles. The van der Waals surface area contributed by atoms with Crippen molar-refractivity contribution in [1.29, 1.82) is 0 Å². The van der Waals surface area contributed by atoms with Crippen LogP contribution in [-0.2, 0) is 6.42 Å². The van der Waals surface area contributed by atoms with Crippen molar-refractivity contribution < 1.29 is 0 Å². The molecular weight excluding hydrogens is 162 g/mol. The summed E-state index contributed by atoms with van der Waals surface area (Å²) in [6, 6.07) is 2.01. The molecule has 0 fully saturated rings. The molecule has 1 N–H and O–H groups in total. The van der Waals surface area contributed by atoms with Gasteiger partial charge in [-0.05, 0) is 25.0 Å². The monoisotopic (exact) mass is 173 g/mol. The first-order valence-electron chi connectivity index (χ1n) is 4.22. The van der Waals surface area contributed by atoms with Crippen molar-refractivity contribution in [3.05, 3.63) is 36.2 Å². The van der Waals surface area contributed by atoms with Crippen LogP contribution >= 0.6 is 0 Å². The van der Waals surface area contributed by atoms with Gasteiger partial charge in [0.05, 0.1) is 0 Å². The smallest absolute Gasteiger partial charge is 0.181 e. The van der Waals surface area contributed by atoms with E-state index < -0.39 is 0 Å². The molecule has 0 aliphatic carbocycles. The van der Waals surface area contributed by atoms with Gasteiger partial charge >= 0.3 is 0 Å². The van der Waals surface area contributed by atoms with Crippen molar-refractivity contribution in [3.8, 4) is 0 Å². The summed E-state index contributed by atoms with van der Waals surface area (Å²) < 4.78 is 0. The predicted molar refractivity (Wildman–Crippen MR) is 52.5 cm³/mol. The number of aromatic nitrogens is 3. The Hall–Kier alpha value is -1.64. The fourth-order valence-electron chi connectivity index (χ4n) is 1.50. The summed E-state index contributed by atoms with van der Waals surface area (Å²) in [5, 5.41) is 8.15. The van der Waals surface area contributed by atoms with Gasteiger partial charge in [-0.15, -0.1) is 6.58 Å². The first-order valence-corrected chi connectivity index (χ1v) is 4.22. The molecule has 0 aromatic carbocycles. The minimum Gasteiger partial charge on any atom is -0.280 e. The van der Waals surface area contributed by atoms with Crippen molar-refractivity contribution in [2.24, 2.45) is 0 Å². The molecule has 0 aliphatic rings. The molecule has 0 unspecified atom stereocenters. The van der Waals surface area contributed by atoms with E-state index >= 15 is 0 Å². The van der Waals surface area contributed by atoms with Crippen LogP contribution in [0.25, 0.3) is 11.0 Å². The average Bonchev–Trinajstić information content (AvgIpc) is 2.50. The lowest BCUT2D eigenvalue weighted by molar-refractivity contribution is 1.05. The number of nitrogens with one attached hydrogen (secondary N) is 1. The van der Waals surface area contributed by atoms with Gasteiger partial charge in [-0.1, -0.05) is 6.08 Å². The van der Waals surface area contributed by atoms with E-state index in [2.05, 4.69) is 21.8 Å². The number of allylic oxidation sites excluding steroid dienone is 1. The van der Waals surface area contributed by atoms with Crippen molar-refractivity contribution in [2.45, 2.75) is 13.3 Å². The van der Waals surface area contributed by atoms with E-state index in [4.69, 9.17) is 0 Å². The van der Waals surface area contributed by atoms with Gasteiger partial charge in [0, 0.05) is 17.3 Å². The molecule has 3 nitrogen and oxygen atoms in total. The molecule has 2 aromatic rings. The molecule has 13 heavy (non-hydrogen) atoms. The van der Waals surface area contributed by atoms with Crippen LogP contribution in [0.4, 0.5) is 0 Å². The Morgan fingerprint density at radius 2 is 2.46 bits per heavy atom. The molecule has 0 spiro atoms. The number of hydrogen-bond donors (Lipinski definition) is 1. The summed E-state index contributed by atoms with van der Waals surface area (Å²) in [6.07, 6.45) is 4.53. The van der Waals surface area contributed by atoms with Crippen LogP contribution in [0.2, 0.25) is 0 Å². The van der Waals surface area contributed by atoms with Crippen LogP contribution in [0.1, 0.15) is 11.3 Å². The Labute approximate surface area is 76.5 Å². The number of pyridine rings is 1. The summed E-state index contributed by atoms with van der Waals surface area (Å²) in [5.74, 6) is 0. The van der Waals surface area contributed by atoms with E-state index in [0.717, 1.165) is 23.1 Å². The Kier molecular flexibility index (Phi) is 1.85. The zero-order chi connectivity index (χ0) is 9.26. The Morgan fingerprint density at radius 1 is 1.62 bits per heavy atom. The molecule has 0 saturated heterocycles. The van der Waals surface area contributed by atoms with Gasteiger partial charge in [-0.25, -0.2) is 4.98 Å². The summed E-state index contributed by atoms with van der Waals surface area (Å²) in [4.78, 5) is 4.17. The van der Waals surface area contributed by atoms with Crippen molar-refractivity contribution >= 4 is 11.0 Å². The first-order chi connectivity index (χ1) is 6.33. The van der Waals surface area contributed by atoms with Crippen LogP contribution in [-0.4, -0.2) is 15.2 Å². The maximum Gasteiger partial charge on any atom is 0.181 e. The largest absolute Gasteiger partial charge is 0.280 e. The summed E-state index contributed by atoms with van der Waals surface area (Å²) in [7, 11) is 0. The first kappa shape index (κ1) is 7.98. The summed E-state index contributed by atoms with van der Waals surface area (Å²) in [6.45, 7) is 5.73. The Balaban J connectivity index is 2.72. The molecule has 0 amide bonds. The van der Waals surface area contributed by atoms with E-state index in [9.17, 15) is 0 Å². The highest BCUT2D eigenvalue weighted by Crippen LogP contribution is 2.18. The minimum atomic E-state index is 0.789. The fourth-order valence-corrected chi connectivity index (χ4v) is 1.50. The van der Waals surface area contributed by atoms with Crippen LogP contribution in [0.3, 0.4) is 0 Å². The highest BCUT2D eigenvalue weighted by atomic mass is 15.1. The molecule has 2 rings (SSSR count). The maximum absolute atomic E-state index is 4.17. The van der Waals surface area contributed by atoms with E-state index in [-0.39, 0.29) is 0 Å². The number of nitrogens with zero attached hydrogens (tertiary/aromatic N) is 2. The molecule has 0 bridgehead atoms. The standard InChI is InChI=1S/C10H11N3/c1-3-4-8-5-6-11-10-9(8)7(2)12-13-10/h3,5-6H,1,4H2,2H3,(H,11,12,13). The topological polar surface area (TPSA) is 41.6 Å². The van der Waals surface area contributed by atoms with E-state index in [0.29, 0.717) is 0 Å². The van der Waals surface area contributed by atoms with Crippen molar-refractivity contribution in [2.75, 3.05) is 0 Å². The zero-order valence-corrected chi connectivity index (χ0v) is 7.54. The van der Waals surface area contributed by atoms with Crippen molar-refractivity contribution in [3.63, 3.8) is 0 Å². The molecule has 2 heterocycles. The number of aromatic amines is 1. The zero-order valence-electron chi connectivity index (χ0n) is 7.54. The molecule has 0 saturated carbocycles. The number of fused-ring (bicyclic) bond motifs is 1. The van der Waals surface area contributed by atoms with Crippen LogP contribution < -0.4 is 0 Å². The predicted octanol–water partition coefficient (Wildman–Crippen LogP) is 1.99. The van der Waals surface area contributed by atoms with Crippen molar-refractivity contribution in [1.82, 2.24) is 15.2 Å². The molecule has 66 valence electrons. The summed E-state index contributed by atoms with van der Waals surface area (Å²) >= 11 is 0. The van der Waals surface area contributed by atoms with Gasteiger partial charge in [0.1, 0.15) is 0 Å². The van der Waals surface area contributed by atoms with E-state index in [1.165, 1.54) is 5.56 Å². The Morgan fingerprint density at radius 3 is 3.23 bits per heavy atom. The normalized spacial score (nSPS) is 10.5. The second-order valence-electron chi connectivity index (χ2n) is 3.01. The molecular formula is C10H11N3. The second-order valence-corrected chi connectivity index (χ2v) is 3.01.